The lowest BCUT2D eigenvalue weighted by atomic mass is 10.1. The first kappa shape index (κ1) is 14.6. The van der Waals surface area contributed by atoms with Gasteiger partial charge >= 0.3 is 0 Å². The molecular formula is C18H18N2OS. The lowest BCUT2D eigenvalue weighted by molar-refractivity contribution is 0.0944. The van der Waals surface area contributed by atoms with Crippen LogP contribution in [0.3, 0.4) is 0 Å². The summed E-state index contributed by atoms with van der Waals surface area (Å²) in [7, 11) is 0. The number of hydrogen-bond donors (Lipinski definition) is 1. The monoisotopic (exact) mass is 310 g/mol. The molecular weight excluding hydrogens is 292 g/mol. The molecule has 4 heteroatoms. The van der Waals surface area contributed by atoms with Gasteiger partial charge in [0.05, 0.1) is 10.9 Å². The number of aromatic nitrogens is 1. The predicted octanol–water partition coefficient (Wildman–Crippen LogP) is 4.34. The Hall–Kier alpha value is -2.33. The molecule has 0 aliphatic rings. The minimum absolute atomic E-state index is 0.0138. The van der Waals surface area contributed by atoms with Gasteiger partial charge in [-0.3, -0.25) is 4.79 Å². The number of rotatable bonds is 4. The number of carbonyl (C=O) groups excluding carboxylic acids is 1. The van der Waals surface area contributed by atoms with Crippen LogP contribution in [0.25, 0.3) is 5.69 Å². The van der Waals surface area contributed by atoms with Crippen LogP contribution < -0.4 is 5.32 Å². The molecule has 0 bridgehead atoms. The van der Waals surface area contributed by atoms with Gasteiger partial charge in [-0.05, 0) is 55.8 Å². The Morgan fingerprint density at radius 2 is 1.77 bits per heavy atom. The molecule has 1 aromatic carbocycles. The molecule has 1 amide bonds. The van der Waals surface area contributed by atoms with Gasteiger partial charge in [0.2, 0.25) is 0 Å². The van der Waals surface area contributed by atoms with Crippen molar-refractivity contribution >= 4 is 17.2 Å². The van der Waals surface area contributed by atoms with Crippen molar-refractivity contribution in [1.29, 1.82) is 0 Å². The van der Waals surface area contributed by atoms with E-state index in [-0.39, 0.29) is 11.9 Å². The predicted molar refractivity (Wildman–Crippen MR) is 90.7 cm³/mol. The van der Waals surface area contributed by atoms with Crippen LogP contribution in [0, 0.1) is 6.92 Å². The average molecular weight is 310 g/mol. The Labute approximate surface area is 134 Å². The smallest absolute Gasteiger partial charge is 0.261 e. The fraction of sp³-hybridized carbons (Fsp3) is 0.167. The van der Waals surface area contributed by atoms with Crippen LogP contribution in [-0.4, -0.2) is 10.5 Å². The topological polar surface area (TPSA) is 34.0 Å². The van der Waals surface area contributed by atoms with Gasteiger partial charge in [-0.1, -0.05) is 12.1 Å². The summed E-state index contributed by atoms with van der Waals surface area (Å²) in [6.45, 7) is 4.01. The van der Waals surface area contributed by atoms with E-state index in [1.54, 1.807) is 0 Å². The molecule has 0 saturated carbocycles. The van der Waals surface area contributed by atoms with Crippen molar-refractivity contribution in [3.8, 4) is 5.69 Å². The third-order valence-electron chi connectivity index (χ3n) is 3.61. The summed E-state index contributed by atoms with van der Waals surface area (Å²) in [6.07, 6.45) is 4.03. The van der Waals surface area contributed by atoms with Crippen LogP contribution in [-0.2, 0) is 0 Å². The van der Waals surface area contributed by atoms with Crippen LogP contribution in [0.4, 0.5) is 0 Å². The molecule has 0 saturated heterocycles. The van der Waals surface area contributed by atoms with Gasteiger partial charge in [-0.15, -0.1) is 11.3 Å². The van der Waals surface area contributed by atoms with Crippen LogP contribution in [0.2, 0.25) is 0 Å². The second-order valence-corrected chi connectivity index (χ2v) is 6.58. The maximum absolute atomic E-state index is 12.2. The van der Waals surface area contributed by atoms with Gasteiger partial charge in [0.1, 0.15) is 0 Å². The van der Waals surface area contributed by atoms with E-state index < -0.39 is 0 Å². The van der Waals surface area contributed by atoms with Crippen molar-refractivity contribution in [2.45, 2.75) is 19.9 Å². The van der Waals surface area contributed by atoms with E-state index in [1.807, 2.05) is 50.5 Å². The molecule has 1 unspecified atom stereocenters. The highest BCUT2D eigenvalue weighted by atomic mass is 32.1. The number of nitrogens with zero attached hydrogens (tertiary/aromatic N) is 1. The van der Waals surface area contributed by atoms with Crippen molar-refractivity contribution in [1.82, 2.24) is 9.88 Å². The van der Waals surface area contributed by atoms with Crippen LogP contribution in [0.5, 0.6) is 0 Å². The van der Waals surface area contributed by atoms with Crippen LogP contribution in [0.1, 0.15) is 33.1 Å². The molecule has 2 heterocycles. The number of benzene rings is 1. The normalized spacial score (nSPS) is 12.1. The summed E-state index contributed by atoms with van der Waals surface area (Å²) >= 11 is 1.52. The molecule has 0 aliphatic carbocycles. The Morgan fingerprint density at radius 1 is 1.09 bits per heavy atom. The lowest BCUT2D eigenvalue weighted by Crippen LogP contribution is -2.25. The molecule has 3 rings (SSSR count). The highest BCUT2D eigenvalue weighted by Gasteiger charge is 2.12. The summed E-state index contributed by atoms with van der Waals surface area (Å²) in [5.74, 6) is -0.0138. The van der Waals surface area contributed by atoms with Gasteiger partial charge in [0.25, 0.3) is 5.91 Å². The third kappa shape index (κ3) is 3.12. The van der Waals surface area contributed by atoms with Crippen molar-refractivity contribution < 1.29 is 4.79 Å². The van der Waals surface area contributed by atoms with Crippen LogP contribution >= 0.6 is 11.3 Å². The number of hydrogen-bond acceptors (Lipinski definition) is 2. The number of aryl methyl sites for hydroxylation is 1. The summed E-state index contributed by atoms with van der Waals surface area (Å²) in [4.78, 5) is 14.1. The fourth-order valence-electron chi connectivity index (χ4n) is 2.35. The van der Waals surface area contributed by atoms with Gasteiger partial charge in [-0.25, -0.2) is 0 Å². The largest absolute Gasteiger partial charge is 0.345 e. The van der Waals surface area contributed by atoms with E-state index in [9.17, 15) is 4.79 Å². The Morgan fingerprint density at radius 3 is 2.36 bits per heavy atom. The van der Waals surface area contributed by atoms with Gasteiger partial charge in [-0.2, -0.15) is 0 Å². The molecule has 0 aliphatic heterocycles. The molecule has 0 radical (unpaired) electrons. The molecule has 0 fully saturated rings. The van der Waals surface area contributed by atoms with Crippen molar-refractivity contribution in [3.63, 3.8) is 0 Å². The minimum atomic E-state index is -0.0198. The van der Waals surface area contributed by atoms with E-state index >= 15 is 0 Å². The van der Waals surface area contributed by atoms with Gasteiger partial charge in [0, 0.05) is 23.0 Å². The quantitative estimate of drug-likeness (QED) is 0.764. The molecule has 3 nitrogen and oxygen atoms in total. The first-order chi connectivity index (χ1) is 10.6. The first-order valence-corrected chi connectivity index (χ1v) is 8.06. The van der Waals surface area contributed by atoms with Gasteiger partial charge in [0.15, 0.2) is 0 Å². The molecule has 3 aromatic rings. The maximum Gasteiger partial charge on any atom is 0.261 e. The average Bonchev–Trinajstić information content (AvgIpc) is 3.18. The van der Waals surface area contributed by atoms with Crippen LogP contribution in [0.15, 0.2) is 60.9 Å². The Balaban J connectivity index is 1.69. The first-order valence-electron chi connectivity index (χ1n) is 7.24. The molecule has 22 heavy (non-hydrogen) atoms. The van der Waals surface area contributed by atoms with E-state index in [0.29, 0.717) is 0 Å². The highest BCUT2D eigenvalue weighted by Crippen LogP contribution is 2.19. The van der Waals surface area contributed by atoms with Gasteiger partial charge < -0.3 is 9.88 Å². The zero-order chi connectivity index (χ0) is 15.5. The van der Waals surface area contributed by atoms with Crippen molar-refractivity contribution in [2.24, 2.45) is 0 Å². The molecule has 2 aromatic heterocycles. The zero-order valence-corrected chi connectivity index (χ0v) is 13.4. The molecule has 1 atom stereocenters. The molecule has 1 N–H and O–H groups in total. The summed E-state index contributed by atoms with van der Waals surface area (Å²) in [6, 6.07) is 16.1. The Kier molecular flexibility index (Phi) is 4.11. The second kappa shape index (κ2) is 6.20. The molecule has 0 spiro atoms. The number of nitrogens with one attached hydrogen (secondary N) is 1. The second-order valence-electron chi connectivity index (χ2n) is 5.29. The van der Waals surface area contributed by atoms with E-state index in [2.05, 4.69) is 34.1 Å². The van der Waals surface area contributed by atoms with Crippen molar-refractivity contribution in [3.05, 3.63) is 76.2 Å². The standard InChI is InChI=1S/C18H18N2OS/c1-13-5-10-17(22-13)18(21)19-14(2)15-6-8-16(9-7-15)20-11-3-4-12-20/h3-12,14H,1-2H3,(H,19,21). The van der Waals surface area contributed by atoms with E-state index in [0.717, 1.165) is 21.0 Å². The lowest BCUT2D eigenvalue weighted by Gasteiger charge is -2.14. The number of thiophene rings is 1. The summed E-state index contributed by atoms with van der Waals surface area (Å²) in [5.41, 5.74) is 2.21. The summed E-state index contributed by atoms with van der Waals surface area (Å²) < 4.78 is 2.06. The van der Waals surface area contributed by atoms with Crippen molar-refractivity contribution in [2.75, 3.05) is 0 Å². The Bertz CT molecular complexity index is 757. The minimum Gasteiger partial charge on any atom is -0.345 e. The number of carbonyl (C=O) groups is 1. The fourth-order valence-corrected chi connectivity index (χ4v) is 3.12. The summed E-state index contributed by atoms with van der Waals surface area (Å²) in [5, 5.41) is 3.04. The van der Waals surface area contributed by atoms with E-state index in [1.165, 1.54) is 11.3 Å². The SMILES string of the molecule is Cc1ccc(C(=O)NC(C)c2ccc(-n3cccc3)cc2)s1. The zero-order valence-electron chi connectivity index (χ0n) is 12.6. The van der Waals surface area contributed by atoms with E-state index in [4.69, 9.17) is 0 Å². The highest BCUT2D eigenvalue weighted by molar-refractivity contribution is 7.13. The molecule has 112 valence electrons. The maximum atomic E-state index is 12.2. The third-order valence-corrected chi connectivity index (χ3v) is 4.61. The number of amides is 1.